The van der Waals surface area contributed by atoms with E-state index in [9.17, 15) is 28.6 Å². The van der Waals surface area contributed by atoms with Gasteiger partial charge in [-0.2, -0.15) is 0 Å². The highest BCUT2D eigenvalue weighted by Crippen LogP contribution is 3.02. The monoisotopic (exact) mass is 446 g/mol. The van der Waals surface area contributed by atoms with E-state index in [2.05, 4.69) is 6.92 Å². The molecule has 0 atom stereocenters. The van der Waals surface area contributed by atoms with Gasteiger partial charge in [-0.25, -0.2) is 4.39 Å². The van der Waals surface area contributed by atoms with E-state index in [1.165, 1.54) is 25.7 Å². The third-order valence-electron chi connectivity index (χ3n) is 5.43. The van der Waals surface area contributed by atoms with Gasteiger partial charge < -0.3 is 4.74 Å². The molecule has 1 aromatic rings. The number of ether oxygens (including phenoxy) is 1. The van der Waals surface area contributed by atoms with Gasteiger partial charge in [-0.1, -0.05) is 64.9 Å². The van der Waals surface area contributed by atoms with Crippen molar-refractivity contribution in [2.75, 3.05) is 0 Å². The minimum absolute atomic E-state index is 0.0745. The van der Waals surface area contributed by atoms with E-state index in [4.69, 9.17) is 4.74 Å². The minimum Gasteiger partial charge on any atom is -0.426 e. The Morgan fingerprint density at radius 3 is 2.17 bits per heavy atom. The van der Waals surface area contributed by atoms with Gasteiger partial charge in [0.1, 0.15) is 16.5 Å². The van der Waals surface area contributed by atoms with E-state index in [1.807, 2.05) is 0 Å². The van der Waals surface area contributed by atoms with Crippen molar-refractivity contribution in [1.29, 1.82) is 0 Å². The Bertz CT molecular complexity index is 712. The van der Waals surface area contributed by atoms with Gasteiger partial charge in [0.05, 0.1) is 5.92 Å². The highest BCUT2D eigenvalue weighted by molar-refractivity contribution is 8.45. The van der Waals surface area contributed by atoms with E-state index in [-0.39, 0.29) is 12.1 Å². The Balaban J connectivity index is 1.85. The lowest BCUT2D eigenvalue weighted by Gasteiger charge is -2.40. The van der Waals surface area contributed by atoms with Crippen LogP contribution in [0.5, 0.6) is 5.75 Å². The third-order valence-corrected chi connectivity index (χ3v) is 6.60. The first-order valence-corrected chi connectivity index (χ1v) is 12.0. The van der Waals surface area contributed by atoms with E-state index in [0.717, 1.165) is 25.7 Å². The quantitative estimate of drug-likeness (QED) is 0.164. The molecule has 0 spiro atoms. The van der Waals surface area contributed by atoms with Crippen LogP contribution in [0.4, 0.5) is 23.8 Å². The predicted molar refractivity (Wildman–Crippen MR) is 102 cm³/mol. The normalized spacial score (nSPS) is 22.6. The van der Waals surface area contributed by atoms with Crippen molar-refractivity contribution in [3.05, 3.63) is 24.0 Å². The van der Waals surface area contributed by atoms with E-state index >= 15 is 0 Å². The lowest BCUT2D eigenvalue weighted by atomic mass is 9.80. The summed E-state index contributed by atoms with van der Waals surface area (Å²) in [5.41, 5.74) is 0. The molecule has 0 saturated heterocycles. The molecular weight excluding hydrogens is 418 g/mol. The van der Waals surface area contributed by atoms with Crippen LogP contribution in [0.3, 0.4) is 0 Å². The topological polar surface area (TPSA) is 26.3 Å². The lowest BCUT2D eigenvalue weighted by molar-refractivity contribution is -0.140. The number of esters is 1. The highest BCUT2D eigenvalue weighted by atomic mass is 32.5. The fourth-order valence-electron chi connectivity index (χ4n) is 3.78. The van der Waals surface area contributed by atoms with Crippen molar-refractivity contribution in [2.45, 2.75) is 76.0 Å². The second kappa shape index (κ2) is 8.40. The molecule has 2 rings (SSSR count). The van der Waals surface area contributed by atoms with Gasteiger partial charge in [-0.15, -0.1) is 0 Å². The fraction of sp³-hybridized carbons (Fsp3) is 0.650. The van der Waals surface area contributed by atoms with Crippen LogP contribution in [0.15, 0.2) is 23.1 Å². The van der Waals surface area contributed by atoms with E-state index in [0.29, 0.717) is 24.8 Å². The van der Waals surface area contributed by atoms with Gasteiger partial charge in [0.2, 0.25) is 0 Å². The molecule has 9 heteroatoms. The second-order valence-electron chi connectivity index (χ2n) is 7.90. The Labute approximate surface area is 167 Å². The van der Waals surface area contributed by atoms with Crippen molar-refractivity contribution >= 4 is 16.2 Å². The number of carbonyl (C=O) groups is 1. The number of halogens is 6. The van der Waals surface area contributed by atoms with Crippen molar-refractivity contribution in [3.8, 4) is 5.75 Å². The molecule has 1 aliphatic carbocycles. The number of unbranched alkanes of at least 4 members (excludes halogenated alkanes) is 4. The fourth-order valence-corrected chi connectivity index (χ4v) is 4.53. The summed E-state index contributed by atoms with van der Waals surface area (Å²) in [5, 5.41) is 0. The Hall–Kier alpha value is -1.38. The summed E-state index contributed by atoms with van der Waals surface area (Å²) in [6, 6.07) is 0.665. The standard InChI is InChI=1S/C20H28F6O2S/c1-2-3-4-5-6-7-15-8-10-16(11-9-15)20(27)28-17-12-13-19(18(21)14-17)29(22,23,24,25)26/h12-16H,2-11H2,1H3/t15-,16-. The van der Waals surface area contributed by atoms with Gasteiger partial charge in [0.25, 0.3) is 0 Å². The molecule has 0 N–H and O–H groups in total. The van der Waals surface area contributed by atoms with Gasteiger partial charge in [-0.05, 0) is 43.7 Å². The maximum absolute atomic E-state index is 13.6. The molecule has 2 nitrogen and oxygen atoms in total. The Morgan fingerprint density at radius 2 is 1.62 bits per heavy atom. The summed E-state index contributed by atoms with van der Waals surface area (Å²) in [6.07, 6.45) is 10.1. The second-order valence-corrected chi connectivity index (χ2v) is 10.3. The van der Waals surface area contributed by atoms with Crippen molar-refractivity contribution in [3.63, 3.8) is 0 Å². The number of hydrogen-bond acceptors (Lipinski definition) is 2. The molecule has 168 valence electrons. The smallest absolute Gasteiger partial charge is 0.314 e. The number of hydrogen-bond donors (Lipinski definition) is 0. The van der Waals surface area contributed by atoms with Crippen molar-refractivity contribution < 1.29 is 33.4 Å². The summed E-state index contributed by atoms with van der Waals surface area (Å²) in [7, 11) is -10.1. The van der Waals surface area contributed by atoms with Gasteiger partial charge in [0.15, 0.2) is 0 Å². The summed E-state index contributed by atoms with van der Waals surface area (Å²) in [4.78, 5) is 9.61. The zero-order valence-corrected chi connectivity index (χ0v) is 17.3. The van der Waals surface area contributed by atoms with Crippen LogP contribution < -0.4 is 4.74 Å². The van der Waals surface area contributed by atoms with Gasteiger partial charge in [-0.3, -0.25) is 4.79 Å². The predicted octanol–water partition coefficient (Wildman–Crippen LogP) is 8.56. The SMILES string of the molecule is CCCCCCC[C@H]1CC[C@H](C(=O)Oc2ccc(S(F)(F)(F)(F)F)c(F)c2)CC1. The maximum atomic E-state index is 13.6. The molecule has 0 aromatic heterocycles. The first-order valence-electron chi connectivity index (χ1n) is 10.1. The third kappa shape index (κ3) is 7.42. The van der Waals surface area contributed by atoms with Crippen molar-refractivity contribution in [1.82, 2.24) is 0 Å². The number of benzene rings is 1. The van der Waals surface area contributed by atoms with Crippen LogP contribution in [0.2, 0.25) is 0 Å². The molecule has 0 bridgehead atoms. The number of rotatable bonds is 9. The van der Waals surface area contributed by atoms with Crippen LogP contribution in [-0.2, 0) is 4.79 Å². The lowest BCUT2D eigenvalue weighted by Crippen LogP contribution is -2.25. The highest BCUT2D eigenvalue weighted by Gasteiger charge is 2.67. The first kappa shape index (κ1) is 23.9. The van der Waals surface area contributed by atoms with Crippen LogP contribution in [0.25, 0.3) is 0 Å². The van der Waals surface area contributed by atoms with Crippen LogP contribution in [0, 0.1) is 17.7 Å². The Kier molecular flexibility index (Phi) is 6.92. The molecule has 1 aliphatic rings. The molecule has 0 radical (unpaired) electrons. The Morgan fingerprint density at radius 1 is 1.00 bits per heavy atom. The zero-order chi connectivity index (χ0) is 21.8. The molecule has 0 aliphatic heterocycles. The van der Waals surface area contributed by atoms with Gasteiger partial charge >= 0.3 is 16.2 Å². The van der Waals surface area contributed by atoms with E-state index in [1.54, 1.807) is 0 Å². The first-order chi connectivity index (χ1) is 13.3. The molecule has 1 saturated carbocycles. The maximum Gasteiger partial charge on any atom is 0.314 e. The number of carbonyl (C=O) groups excluding carboxylic acids is 1. The summed E-state index contributed by atoms with van der Waals surface area (Å²) >= 11 is 0. The molecule has 1 fully saturated rings. The summed E-state index contributed by atoms with van der Waals surface area (Å²) in [6.45, 7) is 2.16. The van der Waals surface area contributed by atoms with Crippen molar-refractivity contribution in [2.24, 2.45) is 11.8 Å². The molecule has 1 aromatic carbocycles. The summed E-state index contributed by atoms with van der Waals surface area (Å²) in [5.74, 6) is -3.18. The van der Waals surface area contributed by atoms with Crippen LogP contribution in [0.1, 0.15) is 71.1 Å². The summed E-state index contributed by atoms with van der Waals surface area (Å²) < 4.78 is 82.2. The van der Waals surface area contributed by atoms with Crippen LogP contribution >= 0.6 is 10.2 Å². The molecule has 0 heterocycles. The molecular formula is C20H28F6O2S. The van der Waals surface area contributed by atoms with Gasteiger partial charge in [0, 0.05) is 6.07 Å². The molecule has 29 heavy (non-hydrogen) atoms. The zero-order valence-electron chi connectivity index (χ0n) is 16.5. The van der Waals surface area contributed by atoms with E-state index < -0.39 is 38.6 Å². The largest absolute Gasteiger partial charge is 0.426 e. The molecule has 0 amide bonds. The molecule has 0 unspecified atom stereocenters. The van der Waals surface area contributed by atoms with Crippen LogP contribution in [-0.4, -0.2) is 5.97 Å². The average Bonchev–Trinajstić information content (AvgIpc) is 2.59. The average molecular weight is 446 g/mol. The minimum atomic E-state index is -10.1.